The summed E-state index contributed by atoms with van der Waals surface area (Å²) in [4.78, 5) is 51.9. The van der Waals surface area contributed by atoms with Crippen molar-refractivity contribution in [2.45, 2.75) is 83.1 Å². The van der Waals surface area contributed by atoms with Crippen LogP contribution in [0.1, 0.15) is 74.9 Å². The Hall–Kier alpha value is -10.1. The van der Waals surface area contributed by atoms with Gasteiger partial charge in [0.1, 0.15) is 14.5 Å². The van der Waals surface area contributed by atoms with E-state index in [-0.39, 0.29) is 94.9 Å². The zero-order valence-electron chi connectivity index (χ0n) is 63.6. The fourth-order valence-electron chi connectivity index (χ4n) is 12.2. The third kappa shape index (κ3) is 25.7. The third-order valence-corrected chi connectivity index (χ3v) is 20.0. The van der Waals surface area contributed by atoms with Crippen molar-refractivity contribution < 1.29 is 90.0 Å². The van der Waals surface area contributed by atoms with E-state index in [1.807, 2.05) is 36.4 Å². The third-order valence-electron chi connectivity index (χ3n) is 16.7. The van der Waals surface area contributed by atoms with Gasteiger partial charge in [0.2, 0.25) is 0 Å². The summed E-state index contributed by atoms with van der Waals surface area (Å²) in [6.07, 6.45) is 3.50. The molecule has 0 atom stereocenters. The number of ketones is 3. The summed E-state index contributed by atoms with van der Waals surface area (Å²) < 4.78 is 0. The molecule has 3 N–H and O–H groups in total. The molecular formula is C96H84Ir3N3O6S3-3. The number of aliphatic hydroxyl groups excluding tert-OH is 3. The molecule has 3 radical (unpaired) electrons. The molecule has 0 unspecified atom stereocenters. The van der Waals surface area contributed by atoms with E-state index in [1.54, 1.807) is 34.0 Å². The molecule has 9 aromatic carbocycles. The monoisotopic (exact) mass is 2050 g/mol. The van der Waals surface area contributed by atoms with Crippen LogP contribution in [0, 0.1) is 59.7 Å². The van der Waals surface area contributed by atoms with Crippen LogP contribution in [0.4, 0.5) is 0 Å². The molecule has 15 aromatic rings. The molecule has 6 aromatic heterocycles. The molecule has 0 aliphatic rings. The maximum Gasteiger partial charge on any atom is 0.155 e. The number of aliphatic hydroxyl groups is 3. The van der Waals surface area contributed by atoms with Gasteiger partial charge in [-0.2, -0.15) is 0 Å². The summed E-state index contributed by atoms with van der Waals surface area (Å²) in [6.45, 7) is 21.5. The predicted octanol–water partition coefficient (Wildman–Crippen LogP) is 26.2. The number of carbonyl (C=O) groups excluding carboxylic acids is 3. The minimum Gasteiger partial charge on any atom is -0.512 e. The van der Waals surface area contributed by atoms with Crippen molar-refractivity contribution in [1.29, 1.82) is 0 Å². The van der Waals surface area contributed by atoms with Gasteiger partial charge in [0.25, 0.3) is 0 Å². The first-order valence-electron chi connectivity index (χ1n) is 35.2. The standard InChI is InChI=1S/C28H22NS.C27H20NS.C26H18NS.3C5H8O2.3Ir/c1-18-14-19(2)27(20(3)15-18)26-17-24-12-13-25(29-28(24)30-26)23-11-7-10-22(16-23)21-8-5-4-6-9-21;1-18-13-19(2)15-24(14-18)26-17-23-11-12-25(28-27(23)29-26)22-10-6-9-21(16-22)20-7-4-3-5-8-20;1-18-10-12-20(13-11-18)25-17-23-14-15-24(27-26(23)28-25)22-9-5-8-21(16-22)19-6-3-2-4-7-19;3*1-4(6)3-5(2)7;;;/h4-10,12-17H,1-3H3;3-9,11-17H,1-2H3;2-8,10-17H,1H3;3*3,6H,1-2H3;;;/q3*-1;;;;;;. The zero-order valence-corrected chi connectivity index (χ0v) is 73.2. The van der Waals surface area contributed by atoms with E-state index >= 15 is 0 Å². The van der Waals surface area contributed by atoms with Crippen molar-refractivity contribution in [3.63, 3.8) is 0 Å². The number of pyridine rings is 3. The number of allylic oxidation sites excluding steroid dienone is 6. The second kappa shape index (κ2) is 42.3. The van der Waals surface area contributed by atoms with Crippen molar-refractivity contribution in [3.05, 3.63) is 342 Å². The molecule has 0 bridgehead atoms. The molecule has 567 valence electrons. The van der Waals surface area contributed by atoms with Crippen molar-refractivity contribution in [2.75, 3.05) is 0 Å². The van der Waals surface area contributed by atoms with Crippen LogP contribution in [0.5, 0.6) is 0 Å². The molecule has 0 aliphatic heterocycles. The van der Waals surface area contributed by atoms with Gasteiger partial charge < -0.3 is 15.3 Å². The van der Waals surface area contributed by atoms with E-state index in [9.17, 15) is 14.4 Å². The number of hydrogen-bond donors (Lipinski definition) is 3. The number of rotatable bonds is 12. The molecule has 9 nitrogen and oxygen atoms in total. The number of thiophene rings is 3. The summed E-state index contributed by atoms with van der Waals surface area (Å²) in [5.41, 5.74) is 24.8. The van der Waals surface area contributed by atoms with Crippen molar-refractivity contribution in [3.8, 4) is 98.5 Å². The molecule has 111 heavy (non-hydrogen) atoms. The zero-order chi connectivity index (χ0) is 77.0. The fourth-order valence-corrected chi connectivity index (χ4v) is 15.4. The second-order valence-electron chi connectivity index (χ2n) is 26.4. The summed E-state index contributed by atoms with van der Waals surface area (Å²) in [5, 5.41) is 28.7. The second-order valence-corrected chi connectivity index (χ2v) is 29.5. The van der Waals surface area contributed by atoms with Crippen LogP contribution in [-0.4, -0.2) is 47.6 Å². The first-order chi connectivity index (χ1) is 51.9. The van der Waals surface area contributed by atoms with E-state index in [0.29, 0.717) is 0 Å². The number of hydrogen-bond acceptors (Lipinski definition) is 12. The first kappa shape index (κ1) is 88.1. The quantitative estimate of drug-likeness (QED) is 0.0617. The van der Waals surface area contributed by atoms with Crippen molar-refractivity contribution >= 4 is 82.0 Å². The molecule has 0 aliphatic carbocycles. The Labute approximate surface area is 704 Å². The molecular weight excluding hydrogens is 1960 g/mol. The molecule has 0 amide bonds. The number of aromatic nitrogens is 3. The minimum atomic E-state index is -0.125. The topological polar surface area (TPSA) is 151 Å². The Morgan fingerprint density at radius 2 is 0.613 bits per heavy atom. The van der Waals surface area contributed by atoms with Crippen LogP contribution >= 0.6 is 34.0 Å². The average Bonchev–Trinajstić information content (AvgIpc) is 1.66. The molecule has 0 spiro atoms. The predicted molar refractivity (Wildman–Crippen MR) is 454 cm³/mol. The molecule has 6 heterocycles. The van der Waals surface area contributed by atoms with Gasteiger partial charge in [-0.15, -0.1) is 140 Å². The molecule has 0 saturated carbocycles. The average molecular weight is 2050 g/mol. The molecule has 0 fully saturated rings. The van der Waals surface area contributed by atoms with Crippen molar-refractivity contribution in [2.24, 2.45) is 0 Å². The summed E-state index contributed by atoms with van der Waals surface area (Å²) in [5.74, 6) is -0.187. The van der Waals surface area contributed by atoms with E-state index in [2.05, 4.69) is 278 Å². The van der Waals surface area contributed by atoms with E-state index in [4.69, 9.17) is 30.3 Å². The van der Waals surface area contributed by atoms with Crippen LogP contribution in [0.25, 0.3) is 129 Å². The number of nitrogens with zero attached hydrogens (tertiary/aromatic N) is 3. The van der Waals surface area contributed by atoms with Gasteiger partial charge in [-0.1, -0.05) is 204 Å². The van der Waals surface area contributed by atoms with Crippen LogP contribution in [0.15, 0.2) is 290 Å². The number of aryl methyl sites for hydroxylation is 6. The number of fused-ring (bicyclic) bond motifs is 3. The van der Waals surface area contributed by atoms with E-state index in [0.717, 1.165) is 48.3 Å². The Morgan fingerprint density at radius 1 is 0.306 bits per heavy atom. The number of carbonyl (C=O) groups is 3. The van der Waals surface area contributed by atoms with Crippen LogP contribution in [0.2, 0.25) is 0 Å². The summed E-state index contributed by atoms with van der Waals surface area (Å²) >= 11 is 5.26. The van der Waals surface area contributed by atoms with Crippen LogP contribution < -0.4 is 0 Å². The van der Waals surface area contributed by atoms with Gasteiger partial charge in [0.15, 0.2) is 17.3 Å². The molecule has 15 heteroatoms. The number of benzene rings is 9. The van der Waals surface area contributed by atoms with Crippen LogP contribution in [0.3, 0.4) is 0 Å². The van der Waals surface area contributed by atoms with Crippen molar-refractivity contribution in [1.82, 2.24) is 15.0 Å². The minimum absolute atomic E-state index is 0. The van der Waals surface area contributed by atoms with E-state index < -0.39 is 0 Å². The van der Waals surface area contributed by atoms with Gasteiger partial charge in [0.05, 0.1) is 17.3 Å². The SMILES string of the molecule is CC(=O)C=C(C)O.CC(=O)C=C(C)O.CC(=O)C=C(C)O.Cc1cc(C)c(-c2cc3ccc(-c4[c-]ccc(-c5ccccc5)c4)nc3s2)c(C)c1.Cc1cc(C)cc(-c2cc3ccc(-c4[c-]ccc(-c5ccccc5)c4)nc3s2)c1.Cc1ccc(-c2cc3ccc(-c4[c-]ccc(-c5ccccc5)c4)nc3s2)cc1.[Ir].[Ir].[Ir]. The van der Waals surface area contributed by atoms with Gasteiger partial charge >= 0.3 is 0 Å². The smallest absolute Gasteiger partial charge is 0.155 e. The van der Waals surface area contributed by atoms with Gasteiger partial charge in [0, 0.05) is 109 Å². The maximum atomic E-state index is 10.0. The summed E-state index contributed by atoms with van der Waals surface area (Å²) in [6, 6.07) is 99.6. The Morgan fingerprint density at radius 3 is 0.928 bits per heavy atom. The van der Waals surface area contributed by atoms with Gasteiger partial charge in [-0.3, -0.25) is 29.3 Å². The largest absolute Gasteiger partial charge is 0.512 e. The fraction of sp³-hybridized carbons (Fsp3) is 0.125. The maximum absolute atomic E-state index is 10.0. The Balaban J connectivity index is 0.000000202. The van der Waals surface area contributed by atoms with Gasteiger partial charge in [-0.05, 0) is 163 Å². The first-order valence-corrected chi connectivity index (χ1v) is 37.6. The normalized spacial score (nSPS) is 10.9. The van der Waals surface area contributed by atoms with Gasteiger partial charge in [-0.25, -0.2) is 0 Å². The molecule has 0 saturated heterocycles. The molecule has 15 rings (SSSR count). The van der Waals surface area contributed by atoms with Crippen LogP contribution in [-0.2, 0) is 74.7 Å². The van der Waals surface area contributed by atoms with E-state index in [1.165, 1.54) is 174 Å². The Bertz CT molecular complexity index is 5650. The summed E-state index contributed by atoms with van der Waals surface area (Å²) in [7, 11) is 0. The Kier molecular flexibility index (Phi) is 33.6.